The summed E-state index contributed by atoms with van der Waals surface area (Å²) in [5.41, 5.74) is 5.32. The van der Waals surface area contributed by atoms with E-state index in [1.165, 1.54) is 7.11 Å². The summed E-state index contributed by atoms with van der Waals surface area (Å²) < 4.78 is 10.6. The van der Waals surface area contributed by atoms with E-state index in [-0.39, 0.29) is 30.0 Å². The number of amides is 2. The highest BCUT2D eigenvalue weighted by molar-refractivity contribution is 5.92. The molecule has 2 unspecified atom stereocenters. The van der Waals surface area contributed by atoms with Crippen LogP contribution in [0.4, 0.5) is 4.79 Å². The van der Waals surface area contributed by atoms with Crippen LogP contribution in [0.2, 0.25) is 0 Å². The molecule has 0 saturated carbocycles. The number of nitrogens with zero attached hydrogens (tertiary/aromatic N) is 4. The largest absolute Gasteiger partial charge is 0.444 e. The number of hydrogen-bond acceptors (Lipinski definition) is 8. The van der Waals surface area contributed by atoms with Gasteiger partial charge >= 0.3 is 6.09 Å². The number of hydrogen-bond donors (Lipinski definition) is 4. The number of carbonyl (C=O) groups excluding carboxylic acids is 2. The van der Waals surface area contributed by atoms with Gasteiger partial charge in [-0.1, -0.05) is 44.2 Å². The van der Waals surface area contributed by atoms with Gasteiger partial charge in [-0.3, -0.25) is 15.0 Å². The van der Waals surface area contributed by atoms with Crippen molar-refractivity contribution in [2.45, 2.75) is 90.4 Å². The lowest BCUT2D eigenvalue weighted by Crippen LogP contribution is -2.52. The van der Waals surface area contributed by atoms with Crippen molar-refractivity contribution >= 4 is 33.8 Å². The number of aliphatic hydroxyl groups is 1. The highest BCUT2D eigenvalue weighted by atomic mass is 16.6. The molecular formula is C40H49N7O5. The molecule has 4 heterocycles. The van der Waals surface area contributed by atoms with Crippen LogP contribution >= 0.6 is 0 Å². The van der Waals surface area contributed by atoms with Gasteiger partial charge in [-0.05, 0) is 98.5 Å². The fourth-order valence-corrected chi connectivity index (χ4v) is 7.47. The number of carbonyl (C=O) groups is 2. The van der Waals surface area contributed by atoms with Gasteiger partial charge in [-0.2, -0.15) is 0 Å². The van der Waals surface area contributed by atoms with E-state index in [1.54, 1.807) is 4.90 Å². The summed E-state index contributed by atoms with van der Waals surface area (Å²) in [5.74, 6) is 1.44. The molecule has 4 atom stereocenters. The zero-order valence-electron chi connectivity index (χ0n) is 30.8. The van der Waals surface area contributed by atoms with Crippen LogP contribution in [0.25, 0.3) is 44.2 Å². The number of ether oxygens (including phenoxy) is 2. The van der Waals surface area contributed by atoms with Crippen LogP contribution in [-0.4, -0.2) is 85.1 Å². The Morgan fingerprint density at radius 2 is 1.52 bits per heavy atom. The highest BCUT2D eigenvalue weighted by Gasteiger charge is 2.38. The molecular weight excluding hydrogens is 658 g/mol. The Labute approximate surface area is 303 Å². The minimum Gasteiger partial charge on any atom is -0.444 e. The van der Waals surface area contributed by atoms with Crippen LogP contribution in [0.1, 0.15) is 84.0 Å². The van der Waals surface area contributed by atoms with E-state index in [0.29, 0.717) is 13.1 Å². The molecule has 0 radical (unpaired) electrons. The second-order valence-corrected chi connectivity index (χ2v) is 15.3. The van der Waals surface area contributed by atoms with Gasteiger partial charge in [0.15, 0.2) is 0 Å². The second-order valence-electron chi connectivity index (χ2n) is 15.3. The molecule has 5 aromatic rings. The van der Waals surface area contributed by atoms with E-state index >= 15 is 0 Å². The smallest absolute Gasteiger partial charge is 0.410 e. The number of nitrogens with one attached hydrogen (secondary N) is 3. The van der Waals surface area contributed by atoms with Crippen LogP contribution in [0.15, 0.2) is 60.8 Å². The van der Waals surface area contributed by atoms with Crippen molar-refractivity contribution in [1.82, 2.24) is 35.1 Å². The van der Waals surface area contributed by atoms with Crippen molar-refractivity contribution in [2.24, 2.45) is 5.92 Å². The summed E-state index contributed by atoms with van der Waals surface area (Å²) in [5, 5.41) is 15.1. The molecule has 2 aromatic heterocycles. The normalized spacial score (nSPS) is 19.2. The number of H-pyrrole nitrogens is 2. The minimum atomic E-state index is -1.22. The van der Waals surface area contributed by atoms with Crippen LogP contribution in [0.5, 0.6) is 0 Å². The Morgan fingerprint density at radius 3 is 2.21 bits per heavy atom. The molecule has 274 valence electrons. The van der Waals surface area contributed by atoms with Crippen molar-refractivity contribution in [1.29, 1.82) is 0 Å². The first-order valence-electron chi connectivity index (χ1n) is 18.2. The van der Waals surface area contributed by atoms with Gasteiger partial charge in [-0.15, -0.1) is 0 Å². The van der Waals surface area contributed by atoms with E-state index in [1.807, 2.05) is 51.8 Å². The number of benzene rings is 3. The third kappa shape index (κ3) is 7.28. The monoisotopic (exact) mass is 707 g/mol. The first-order chi connectivity index (χ1) is 24.9. The predicted octanol–water partition coefficient (Wildman–Crippen LogP) is 7.05. The maximum Gasteiger partial charge on any atom is 0.410 e. The Hall–Kier alpha value is -4.78. The number of aromatic amines is 2. The van der Waals surface area contributed by atoms with Crippen LogP contribution in [0, 0.1) is 5.92 Å². The first kappa shape index (κ1) is 35.6. The van der Waals surface area contributed by atoms with Crippen LogP contribution < -0.4 is 5.32 Å². The van der Waals surface area contributed by atoms with E-state index in [9.17, 15) is 14.7 Å². The average Bonchev–Trinajstić information content (AvgIpc) is 3.94. The van der Waals surface area contributed by atoms with E-state index in [4.69, 9.17) is 19.4 Å². The highest BCUT2D eigenvalue weighted by Crippen LogP contribution is 2.36. The van der Waals surface area contributed by atoms with Crippen molar-refractivity contribution in [3.8, 4) is 22.4 Å². The maximum absolute atomic E-state index is 13.6. The quantitative estimate of drug-likeness (QED) is 0.119. The zero-order chi connectivity index (χ0) is 36.7. The third-order valence-corrected chi connectivity index (χ3v) is 10.1. The Morgan fingerprint density at radius 1 is 0.885 bits per heavy atom. The Kier molecular flexibility index (Phi) is 9.81. The fraction of sp³-hybridized carbons (Fsp3) is 0.450. The summed E-state index contributed by atoms with van der Waals surface area (Å²) in [4.78, 5) is 46.7. The molecule has 0 bridgehead atoms. The van der Waals surface area contributed by atoms with Gasteiger partial charge in [0.2, 0.25) is 12.3 Å². The molecule has 0 spiro atoms. The third-order valence-electron chi connectivity index (χ3n) is 10.1. The molecule has 12 heteroatoms. The molecule has 2 saturated heterocycles. The molecule has 2 aliphatic heterocycles. The van der Waals surface area contributed by atoms with Gasteiger partial charge in [0, 0.05) is 25.8 Å². The number of fused-ring (bicyclic) bond motifs is 2. The summed E-state index contributed by atoms with van der Waals surface area (Å²) in [6.07, 6.45) is 3.76. The predicted molar refractivity (Wildman–Crippen MR) is 200 cm³/mol. The molecule has 2 aliphatic rings. The van der Waals surface area contributed by atoms with E-state index in [0.717, 1.165) is 81.5 Å². The number of aromatic nitrogens is 4. The maximum atomic E-state index is 13.6. The fourth-order valence-electron chi connectivity index (χ4n) is 7.47. The Bertz CT molecular complexity index is 2080. The molecule has 2 amide bonds. The van der Waals surface area contributed by atoms with Crippen LogP contribution in [-0.2, 0) is 14.3 Å². The molecule has 7 rings (SSSR count). The summed E-state index contributed by atoms with van der Waals surface area (Å²) in [6.45, 7) is 10.8. The van der Waals surface area contributed by atoms with Crippen molar-refractivity contribution in [3.05, 3.63) is 72.4 Å². The molecule has 4 N–H and O–H groups in total. The number of aliphatic hydroxyl groups excluding tert-OH is 1. The minimum absolute atomic E-state index is 0.0367. The van der Waals surface area contributed by atoms with E-state index in [2.05, 4.69) is 63.8 Å². The van der Waals surface area contributed by atoms with Crippen LogP contribution in [0.3, 0.4) is 0 Å². The topological polar surface area (TPSA) is 149 Å². The van der Waals surface area contributed by atoms with Crippen molar-refractivity contribution < 1.29 is 24.2 Å². The average molecular weight is 708 g/mol. The lowest BCUT2D eigenvalue weighted by molar-refractivity contribution is -0.145. The number of methoxy groups -OCH3 is 1. The van der Waals surface area contributed by atoms with Gasteiger partial charge in [0.05, 0.1) is 41.0 Å². The summed E-state index contributed by atoms with van der Waals surface area (Å²) in [7, 11) is 1.40. The zero-order valence-corrected chi connectivity index (χ0v) is 30.8. The number of imidazole rings is 2. The second kappa shape index (κ2) is 14.3. The lowest BCUT2D eigenvalue weighted by Gasteiger charge is -2.31. The van der Waals surface area contributed by atoms with E-state index < -0.39 is 18.1 Å². The SMILES string of the molecule is COC(O)NC(C(=O)N1CCC[C@H]1c1ncc(-c2ccc3cc(-c4ccc5nc([C@@H]6CCCN6C(=O)OC(C)(C)C)[nH]c5c4)ccc3c2)[nH]1)C(C)C. The van der Waals surface area contributed by atoms with Gasteiger partial charge < -0.3 is 29.4 Å². The molecule has 2 fully saturated rings. The number of likely N-dealkylation sites (tertiary alicyclic amines) is 2. The van der Waals surface area contributed by atoms with Gasteiger partial charge in [-0.25, -0.2) is 14.8 Å². The van der Waals surface area contributed by atoms with Crippen molar-refractivity contribution in [2.75, 3.05) is 20.2 Å². The molecule has 12 nitrogen and oxygen atoms in total. The number of rotatable bonds is 9. The lowest BCUT2D eigenvalue weighted by atomic mass is 9.99. The molecule has 52 heavy (non-hydrogen) atoms. The standard InChI is InChI=1S/C40H49N7O5/c1-23(2)34(45-38(49)51-6)37(48)46-17-7-9-32(46)35-41-22-31(44-35)28-14-13-24-19-25(11-12-26(24)20-28)27-15-16-29-30(21-27)43-36(42-29)33-10-8-18-47(33)39(50)52-40(3,4)5/h11-16,19-23,32-34,38,45,49H,7-10,17-18H2,1-6H3,(H,41,44)(H,42,43)/t32-,33-,34?,38?/m0/s1. The summed E-state index contributed by atoms with van der Waals surface area (Å²) >= 11 is 0. The first-order valence-corrected chi connectivity index (χ1v) is 18.2. The van der Waals surface area contributed by atoms with Gasteiger partial charge in [0.25, 0.3) is 0 Å². The van der Waals surface area contributed by atoms with Crippen molar-refractivity contribution in [3.63, 3.8) is 0 Å². The summed E-state index contributed by atoms with van der Waals surface area (Å²) in [6, 6.07) is 18.2. The van der Waals surface area contributed by atoms with Gasteiger partial charge in [0.1, 0.15) is 17.2 Å². The molecule has 0 aliphatic carbocycles. The molecule has 3 aromatic carbocycles. The Balaban J connectivity index is 1.08.